The maximum absolute atomic E-state index is 12.3. The van der Waals surface area contributed by atoms with Crippen molar-refractivity contribution in [1.82, 2.24) is 19.7 Å². The summed E-state index contributed by atoms with van der Waals surface area (Å²) in [4.78, 5) is 16.3. The van der Waals surface area contributed by atoms with E-state index in [-0.39, 0.29) is 22.9 Å². The minimum Gasteiger partial charge on any atom is -0.483 e. The van der Waals surface area contributed by atoms with Crippen molar-refractivity contribution in [2.45, 2.75) is 44.5 Å². The van der Waals surface area contributed by atoms with Crippen LogP contribution in [0.4, 0.5) is 5.69 Å². The first kappa shape index (κ1) is 23.8. The standard InChI is InChI=1S/C23H26ClN5O2S/c1-5-13-29-22(16(4)31-18-10-8-17(9-11-18)15(2)3)27-28-23(29)32-14-20(30)26-19-7-6-12-25-21(19)24/h5-12,15-16H,1,13-14H2,2-4H3,(H,26,30). The third-order valence-electron chi connectivity index (χ3n) is 4.65. The average Bonchev–Trinajstić information content (AvgIpc) is 3.17. The van der Waals surface area contributed by atoms with E-state index in [1.165, 1.54) is 17.3 Å². The number of ether oxygens (including phenoxy) is 1. The van der Waals surface area contributed by atoms with Crippen molar-refractivity contribution >= 4 is 35.0 Å². The number of rotatable bonds is 10. The molecule has 9 heteroatoms. The van der Waals surface area contributed by atoms with E-state index in [1.807, 2.05) is 23.6 Å². The third kappa shape index (κ3) is 6.11. The Morgan fingerprint density at radius 2 is 2.00 bits per heavy atom. The van der Waals surface area contributed by atoms with E-state index in [0.717, 1.165) is 5.75 Å². The Morgan fingerprint density at radius 3 is 2.66 bits per heavy atom. The molecule has 0 bridgehead atoms. The summed E-state index contributed by atoms with van der Waals surface area (Å²) in [6, 6.07) is 11.5. The summed E-state index contributed by atoms with van der Waals surface area (Å²) in [7, 11) is 0. The minimum absolute atomic E-state index is 0.145. The van der Waals surface area contributed by atoms with E-state index in [0.29, 0.717) is 29.1 Å². The predicted molar refractivity (Wildman–Crippen MR) is 128 cm³/mol. The highest BCUT2D eigenvalue weighted by Gasteiger charge is 2.20. The van der Waals surface area contributed by atoms with Crippen LogP contribution in [0.25, 0.3) is 0 Å². The van der Waals surface area contributed by atoms with E-state index < -0.39 is 0 Å². The van der Waals surface area contributed by atoms with Gasteiger partial charge in [-0.15, -0.1) is 16.8 Å². The normalized spacial score (nSPS) is 11.9. The zero-order valence-electron chi connectivity index (χ0n) is 18.3. The summed E-state index contributed by atoms with van der Waals surface area (Å²) >= 11 is 7.28. The highest BCUT2D eigenvalue weighted by molar-refractivity contribution is 7.99. The SMILES string of the molecule is C=CCn1c(SCC(=O)Nc2cccnc2Cl)nnc1C(C)Oc1ccc(C(C)C)cc1. The maximum atomic E-state index is 12.3. The van der Waals surface area contributed by atoms with Crippen molar-refractivity contribution in [1.29, 1.82) is 0 Å². The van der Waals surface area contributed by atoms with Gasteiger partial charge >= 0.3 is 0 Å². The summed E-state index contributed by atoms with van der Waals surface area (Å²) in [6.07, 6.45) is 2.99. The number of carbonyl (C=O) groups excluding carboxylic acids is 1. The number of amides is 1. The number of hydrogen-bond donors (Lipinski definition) is 1. The number of hydrogen-bond acceptors (Lipinski definition) is 6. The van der Waals surface area contributed by atoms with Crippen molar-refractivity contribution in [3.63, 3.8) is 0 Å². The van der Waals surface area contributed by atoms with Crippen LogP contribution in [0.5, 0.6) is 5.75 Å². The molecular weight excluding hydrogens is 446 g/mol. The lowest BCUT2D eigenvalue weighted by Gasteiger charge is -2.16. The van der Waals surface area contributed by atoms with E-state index in [2.05, 4.69) is 53.1 Å². The van der Waals surface area contributed by atoms with Crippen LogP contribution in [0, 0.1) is 0 Å². The van der Waals surface area contributed by atoms with Crippen molar-refractivity contribution in [3.05, 3.63) is 71.8 Å². The number of halogens is 1. The van der Waals surface area contributed by atoms with Gasteiger partial charge in [0.15, 0.2) is 22.2 Å². The lowest BCUT2D eigenvalue weighted by Crippen LogP contribution is -2.16. The molecule has 1 aromatic carbocycles. The van der Waals surface area contributed by atoms with Gasteiger partial charge in [-0.25, -0.2) is 4.98 Å². The summed E-state index contributed by atoms with van der Waals surface area (Å²) in [5, 5.41) is 12.2. The monoisotopic (exact) mass is 471 g/mol. The molecule has 7 nitrogen and oxygen atoms in total. The molecule has 0 aliphatic heterocycles. The Bertz CT molecular complexity index is 1070. The molecule has 32 heavy (non-hydrogen) atoms. The van der Waals surface area contributed by atoms with Crippen LogP contribution < -0.4 is 10.1 Å². The number of nitrogens with zero attached hydrogens (tertiary/aromatic N) is 4. The van der Waals surface area contributed by atoms with Crippen LogP contribution in [0.1, 0.15) is 44.2 Å². The smallest absolute Gasteiger partial charge is 0.234 e. The quantitative estimate of drug-likeness (QED) is 0.238. The first-order chi connectivity index (χ1) is 15.4. The molecule has 2 heterocycles. The number of allylic oxidation sites excluding steroid dienone is 1. The van der Waals surface area contributed by atoms with Gasteiger partial charge in [-0.2, -0.15) is 0 Å². The molecule has 3 aromatic rings. The molecule has 0 radical (unpaired) electrons. The molecular formula is C23H26ClN5O2S. The van der Waals surface area contributed by atoms with Crippen LogP contribution in [0.2, 0.25) is 5.15 Å². The zero-order valence-corrected chi connectivity index (χ0v) is 19.9. The Kier molecular flexibility index (Phi) is 8.30. The number of carbonyl (C=O) groups is 1. The third-order valence-corrected chi connectivity index (χ3v) is 5.91. The van der Waals surface area contributed by atoms with Gasteiger partial charge < -0.3 is 10.1 Å². The molecule has 0 aliphatic carbocycles. The van der Waals surface area contributed by atoms with Gasteiger partial charge in [0.1, 0.15) is 5.75 Å². The largest absolute Gasteiger partial charge is 0.483 e. The van der Waals surface area contributed by atoms with Crippen LogP contribution in [0.3, 0.4) is 0 Å². The molecule has 0 spiro atoms. The lowest BCUT2D eigenvalue weighted by atomic mass is 10.0. The van der Waals surface area contributed by atoms with Gasteiger partial charge in [0.05, 0.1) is 11.4 Å². The fraction of sp³-hybridized carbons (Fsp3) is 0.304. The molecule has 1 atom stereocenters. The zero-order chi connectivity index (χ0) is 23.1. The van der Waals surface area contributed by atoms with E-state index >= 15 is 0 Å². The second kappa shape index (κ2) is 11.2. The van der Waals surface area contributed by atoms with Gasteiger partial charge in [0, 0.05) is 12.7 Å². The molecule has 1 N–H and O–H groups in total. The Hall–Kier alpha value is -2.84. The topological polar surface area (TPSA) is 81.9 Å². The molecule has 3 rings (SSSR count). The van der Waals surface area contributed by atoms with Crippen molar-refractivity contribution in [2.24, 2.45) is 0 Å². The molecule has 1 unspecified atom stereocenters. The van der Waals surface area contributed by atoms with Crippen LogP contribution in [0.15, 0.2) is 60.4 Å². The first-order valence-electron chi connectivity index (χ1n) is 10.2. The molecule has 0 saturated heterocycles. The summed E-state index contributed by atoms with van der Waals surface area (Å²) in [5.41, 5.74) is 1.72. The van der Waals surface area contributed by atoms with Crippen LogP contribution in [-0.2, 0) is 11.3 Å². The average molecular weight is 472 g/mol. The highest BCUT2D eigenvalue weighted by atomic mass is 35.5. The maximum Gasteiger partial charge on any atom is 0.234 e. The van der Waals surface area contributed by atoms with Crippen LogP contribution in [-0.4, -0.2) is 31.4 Å². The lowest BCUT2D eigenvalue weighted by molar-refractivity contribution is -0.113. The summed E-state index contributed by atoms with van der Waals surface area (Å²) in [6.45, 7) is 10.6. The fourth-order valence-corrected chi connectivity index (χ4v) is 3.91. The predicted octanol–water partition coefficient (Wildman–Crippen LogP) is 5.51. The molecule has 0 saturated carbocycles. The van der Waals surface area contributed by atoms with Crippen LogP contribution >= 0.6 is 23.4 Å². The van der Waals surface area contributed by atoms with Gasteiger partial charge in [-0.05, 0) is 42.7 Å². The Labute approximate surface area is 197 Å². The number of anilines is 1. The number of benzene rings is 1. The fourth-order valence-electron chi connectivity index (χ4n) is 2.99. The number of nitrogens with one attached hydrogen (secondary N) is 1. The molecule has 0 aliphatic rings. The van der Waals surface area contributed by atoms with Gasteiger partial charge in [0.2, 0.25) is 5.91 Å². The molecule has 168 valence electrons. The summed E-state index contributed by atoms with van der Waals surface area (Å²) < 4.78 is 7.98. The minimum atomic E-state index is -0.329. The van der Waals surface area contributed by atoms with Crippen molar-refractivity contribution in [3.8, 4) is 5.75 Å². The number of thioether (sulfide) groups is 1. The first-order valence-corrected chi connectivity index (χ1v) is 11.6. The molecule has 2 aromatic heterocycles. The summed E-state index contributed by atoms with van der Waals surface area (Å²) in [5.74, 6) is 1.82. The van der Waals surface area contributed by atoms with Gasteiger partial charge in [-0.3, -0.25) is 9.36 Å². The number of pyridine rings is 1. The molecule has 1 amide bonds. The Morgan fingerprint density at radius 1 is 1.25 bits per heavy atom. The second-order valence-electron chi connectivity index (χ2n) is 7.40. The Balaban J connectivity index is 1.66. The van der Waals surface area contributed by atoms with E-state index in [9.17, 15) is 4.79 Å². The highest BCUT2D eigenvalue weighted by Crippen LogP contribution is 2.26. The van der Waals surface area contributed by atoms with Crippen molar-refractivity contribution < 1.29 is 9.53 Å². The van der Waals surface area contributed by atoms with Gasteiger partial charge in [0.25, 0.3) is 0 Å². The number of aromatic nitrogens is 4. The van der Waals surface area contributed by atoms with Crippen molar-refractivity contribution in [2.75, 3.05) is 11.1 Å². The van der Waals surface area contributed by atoms with E-state index in [1.54, 1.807) is 24.4 Å². The molecule has 0 fully saturated rings. The van der Waals surface area contributed by atoms with E-state index in [4.69, 9.17) is 16.3 Å². The van der Waals surface area contributed by atoms with Gasteiger partial charge in [-0.1, -0.05) is 55.4 Å². The second-order valence-corrected chi connectivity index (χ2v) is 8.70.